The van der Waals surface area contributed by atoms with Crippen LogP contribution in [0.25, 0.3) is 17.0 Å². The number of furan rings is 1. The van der Waals surface area contributed by atoms with Crippen molar-refractivity contribution >= 4 is 28.9 Å². The van der Waals surface area contributed by atoms with E-state index in [1.165, 1.54) is 18.2 Å². The number of aryl methyl sites for hydroxylation is 1. The molecule has 0 saturated carbocycles. The third-order valence-corrected chi connectivity index (χ3v) is 3.67. The fourth-order valence-electron chi connectivity index (χ4n) is 2.38. The smallest absolute Gasteiger partial charge is 0.305 e. The Labute approximate surface area is 143 Å². The number of fused-ring (bicyclic) bond motifs is 1. The Bertz CT molecular complexity index is 976. The maximum atomic E-state index is 13.5. The second-order valence-electron chi connectivity index (χ2n) is 5.35. The minimum Gasteiger partial charge on any atom is -0.451 e. The normalized spacial score (nSPS) is 11.0. The predicted octanol–water partition coefficient (Wildman–Crippen LogP) is 3.35. The Morgan fingerprint density at radius 3 is 2.52 bits per heavy atom. The Morgan fingerprint density at radius 2 is 1.76 bits per heavy atom. The van der Waals surface area contributed by atoms with E-state index in [4.69, 9.17) is 4.42 Å². The summed E-state index contributed by atoms with van der Waals surface area (Å²) in [7, 11) is 0. The molecule has 0 bridgehead atoms. The van der Waals surface area contributed by atoms with E-state index < -0.39 is 17.6 Å². The van der Waals surface area contributed by atoms with Crippen molar-refractivity contribution in [2.45, 2.75) is 6.92 Å². The number of halogens is 1. The van der Waals surface area contributed by atoms with E-state index in [-0.39, 0.29) is 11.3 Å². The molecule has 5 nitrogen and oxygen atoms in total. The number of hydrogen-bond donors (Lipinski definition) is 2. The molecule has 126 valence electrons. The summed E-state index contributed by atoms with van der Waals surface area (Å²) in [5.41, 5.74) is 6.06. The van der Waals surface area contributed by atoms with Crippen LogP contribution in [0.1, 0.15) is 21.7 Å². The third-order valence-electron chi connectivity index (χ3n) is 3.67. The lowest BCUT2D eigenvalue weighted by Gasteiger charge is -2.03. The molecule has 0 saturated heterocycles. The molecule has 1 heterocycles. The van der Waals surface area contributed by atoms with Gasteiger partial charge in [-0.2, -0.15) is 0 Å². The molecule has 6 heteroatoms. The van der Waals surface area contributed by atoms with Crippen LogP contribution in [0.3, 0.4) is 0 Å². The first-order valence-electron chi connectivity index (χ1n) is 7.57. The van der Waals surface area contributed by atoms with Crippen molar-refractivity contribution in [3.8, 4) is 0 Å². The number of carbonyl (C=O) groups excluding carboxylic acids is 2. The van der Waals surface area contributed by atoms with Crippen molar-refractivity contribution in [2.24, 2.45) is 0 Å². The summed E-state index contributed by atoms with van der Waals surface area (Å²) in [6.45, 7) is 1.76. The van der Waals surface area contributed by atoms with Crippen LogP contribution in [-0.4, -0.2) is 11.8 Å². The highest BCUT2D eigenvalue weighted by atomic mass is 19.1. The Hall–Kier alpha value is -3.41. The van der Waals surface area contributed by atoms with Crippen LogP contribution >= 0.6 is 0 Å². The van der Waals surface area contributed by atoms with Crippen LogP contribution in [-0.2, 0) is 4.79 Å². The van der Waals surface area contributed by atoms with E-state index in [0.29, 0.717) is 11.1 Å². The fraction of sp³-hybridized carbons (Fsp3) is 0.0526. The van der Waals surface area contributed by atoms with Crippen LogP contribution in [0, 0.1) is 12.7 Å². The van der Waals surface area contributed by atoms with Crippen LogP contribution in [0.2, 0.25) is 0 Å². The molecule has 3 rings (SSSR count). The highest BCUT2D eigenvalue weighted by Gasteiger charge is 2.17. The van der Waals surface area contributed by atoms with Gasteiger partial charge in [-0.25, -0.2) is 4.39 Å². The van der Waals surface area contributed by atoms with Gasteiger partial charge in [0, 0.05) is 22.6 Å². The largest absolute Gasteiger partial charge is 0.451 e. The molecule has 3 aromatic rings. The minimum absolute atomic E-state index is 0.125. The van der Waals surface area contributed by atoms with E-state index >= 15 is 0 Å². The molecule has 0 aliphatic rings. The van der Waals surface area contributed by atoms with Gasteiger partial charge in [-0.05, 0) is 25.1 Å². The lowest BCUT2D eigenvalue weighted by atomic mass is 10.1. The number of benzene rings is 2. The average Bonchev–Trinajstić information content (AvgIpc) is 2.96. The first-order chi connectivity index (χ1) is 12.1. The Morgan fingerprint density at radius 1 is 1.04 bits per heavy atom. The minimum atomic E-state index is -0.592. The van der Waals surface area contributed by atoms with Gasteiger partial charge < -0.3 is 4.42 Å². The number of carbonyl (C=O) groups is 2. The number of hydrazine groups is 1. The lowest BCUT2D eigenvalue weighted by molar-refractivity contribution is -0.117. The topological polar surface area (TPSA) is 71.3 Å². The zero-order valence-electron chi connectivity index (χ0n) is 13.4. The van der Waals surface area contributed by atoms with Crippen molar-refractivity contribution in [3.63, 3.8) is 0 Å². The summed E-state index contributed by atoms with van der Waals surface area (Å²) in [6, 6.07) is 13.3. The molecule has 0 aliphatic heterocycles. The van der Waals surface area contributed by atoms with Gasteiger partial charge in [0.1, 0.15) is 11.4 Å². The zero-order valence-corrected chi connectivity index (χ0v) is 13.4. The first-order valence-corrected chi connectivity index (χ1v) is 7.57. The van der Waals surface area contributed by atoms with Crippen LogP contribution in [0.5, 0.6) is 0 Å². The van der Waals surface area contributed by atoms with Gasteiger partial charge in [-0.15, -0.1) is 0 Å². The molecule has 0 spiro atoms. The number of nitrogens with one attached hydrogen (secondary N) is 2. The molecule has 0 fully saturated rings. The fourth-order valence-corrected chi connectivity index (χ4v) is 2.38. The molecule has 25 heavy (non-hydrogen) atoms. The lowest BCUT2D eigenvalue weighted by Crippen LogP contribution is -2.40. The van der Waals surface area contributed by atoms with Crippen molar-refractivity contribution in [3.05, 3.63) is 77.3 Å². The van der Waals surface area contributed by atoms with E-state index in [1.54, 1.807) is 25.1 Å². The molecule has 2 amide bonds. The molecule has 0 unspecified atom stereocenters. The monoisotopic (exact) mass is 338 g/mol. The number of rotatable bonds is 3. The molecule has 0 radical (unpaired) electrons. The van der Waals surface area contributed by atoms with Crippen molar-refractivity contribution in [1.29, 1.82) is 0 Å². The summed E-state index contributed by atoms with van der Waals surface area (Å²) < 4.78 is 19.0. The molecule has 0 aliphatic carbocycles. The van der Waals surface area contributed by atoms with Crippen LogP contribution in [0.4, 0.5) is 4.39 Å². The molecular weight excluding hydrogens is 323 g/mol. The molecular formula is C19H15FN2O3. The standard InChI is InChI=1S/C19H15FN2O3/c1-12-14-7-3-5-9-16(14)25-18(12)19(24)22-21-17(23)11-10-13-6-2-4-8-15(13)20/h2-11H,1H3,(H,21,23)(H,22,24)/b11-10+. The number of para-hydroxylation sites is 1. The van der Waals surface area contributed by atoms with Crippen molar-refractivity contribution < 1.29 is 18.4 Å². The van der Waals surface area contributed by atoms with Gasteiger partial charge in [0.15, 0.2) is 5.76 Å². The zero-order chi connectivity index (χ0) is 17.8. The van der Waals surface area contributed by atoms with Crippen molar-refractivity contribution in [2.75, 3.05) is 0 Å². The summed E-state index contributed by atoms with van der Waals surface area (Å²) in [5.74, 6) is -1.47. The third kappa shape index (κ3) is 3.58. The van der Waals surface area contributed by atoms with Crippen LogP contribution in [0.15, 0.2) is 59.0 Å². The van der Waals surface area contributed by atoms with E-state index in [2.05, 4.69) is 10.9 Å². The Kier molecular flexibility index (Phi) is 4.61. The van der Waals surface area contributed by atoms with E-state index in [0.717, 1.165) is 11.5 Å². The molecule has 0 atom stereocenters. The van der Waals surface area contributed by atoms with Gasteiger partial charge in [0.05, 0.1) is 0 Å². The maximum absolute atomic E-state index is 13.5. The highest BCUT2D eigenvalue weighted by Crippen LogP contribution is 2.24. The average molecular weight is 338 g/mol. The molecule has 2 aromatic carbocycles. The first kappa shape index (κ1) is 16.4. The molecule has 2 N–H and O–H groups in total. The number of amides is 2. The SMILES string of the molecule is Cc1c(C(=O)NNC(=O)/C=C/c2ccccc2F)oc2ccccc12. The van der Waals surface area contributed by atoms with Crippen molar-refractivity contribution in [1.82, 2.24) is 10.9 Å². The van der Waals surface area contributed by atoms with E-state index in [9.17, 15) is 14.0 Å². The van der Waals surface area contributed by atoms with Gasteiger partial charge in [0.2, 0.25) is 0 Å². The highest BCUT2D eigenvalue weighted by molar-refractivity contribution is 6.00. The summed E-state index contributed by atoms with van der Waals surface area (Å²) in [6.07, 6.45) is 2.45. The van der Waals surface area contributed by atoms with Gasteiger partial charge in [-0.1, -0.05) is 36.4 Å². The Balaban J connectivity index is 1.64. The van der Waals surface area contributed by atoms with Crippen LogP contribution < -0.4 is 10.9 Å². The predicted molar refractivity (Wildman–Crippen MR) is 92.0 cm³/mol. The summed E-state index contributed by atoms with van der Waals surface area (Å²) >= 11 is 0. The summed E-state index contributed by atoms with van der Waals surface area (Å²) in [5, 5.41) is 0.832. The quantitative estimate of drug-likeness (QED) is 0.568. The van der Waals surface area contributed by atoms with E-state index in [1.807, 2.05) is 18.2 Å². The van der Waals surface area contributed by atoms with Gasteiger partial charge >= 0.3 is 5.91 Å². The molecule has 1 aromatic heterocycles. The second kappa shape index (κ2) is 7.00. The van der Waals surface area contributed by atoms with Gasteiger partial charge in [-0.3, -0.25) is 20.4 Å². The number of hydrogen-bond acceptors (Lipinski definition) is 3. The maximum Gasteiger partial charge on any atom is 0.305 e. The van der Waals surface area contributed by atoms with Gasteiger partial charge in [0.25, 0.3) is 5.91 Å². The second-order valence-corrected chi connectivity index (χ2v) is 5.35. The summed E-state index contributed by atoms with van der Waals surface area (Å²) in [4.78, 5) is 23.9.